The van der Waals surface area contributed by atoms with E-state index in [9.17, 15) is 9.59 Å². The Bertz CT molecular complexity index is 983. The molecule has 1 saturated heterocycles. The second-order valence-corrected chi connectivity index (χ2v) is 9.30. The maximum atomic E-state index is 12.9. The molecule has 7 heteroatoms. The molecule has 1 saturated carbocycles. The number of benzene rings is 1. The van der Waals surface area contributed by atoms with Crippen molar-refractivity contribution in [3.63, 3.8) is 0 Å². The summed E-state index contributed by atoms with van der Waals surface area (Å²) in [6.07, 6.45) is 1.48. The highest BCUT2D eigenvalue weighted by atomic mass is 16.5. The summed E-state index contributed by atoms with van der Waals surface area (Å²) in [5, 5.41) is 7.22. The van der Waals surface area contributed by atoms with E-state index in [0.29, 0.717) is 36.8 Å². The number of carbonyl (C=O) groups excluding carboxylic acids is 2. The van der Waals surface area contributed by atoms with Crippen LogP contribution in [0.15, 0.2) is 22.7 Å². The third kappa shape index (κ3) is 3.50. The van der Waals surface area contributed by atoms with Gasteiger partial charge in [0.15, 0.2) is 5.82 Å². The van der Waals surface area contributed by atoms with Gasteiger partial charge in [-0.15, -0.1) is 0 Å². The van der Waals surface area contributed by atoms with Crippen LogP contribution in [0.4, 0.5) is 0 Å². The zero-order chi connectivity index (χ0) is 21.6. The van der Waals surface area contributed by atoms with Crippen molar-refractivity contribution in [3.8, 4) is 0 Å². The molecule has 2 amide bonds. The number of fused-ring (bicyclic) bond motifs is 1. The lowest BCUT2D eigenvalue weighted by molar-refractivity contribution is -0.133. The lowest BCUT2D eigenvalue weighted by atomic mass is 9.80. The Morgan fingerprint density at radius 1 is 1.27 bits per heavy atom. The highest BCUT2D eigenvalue weighted by Gasteiger charge is 2.58. The molecule has 7 nitrogen and oxygen atoms in total. The number of rotatable bonds is 4. The fourth-order valence-electron chi connectivity index (χ4n) is 5.18. The second-order valence-electron chi connectivity index (χ2n) is 9.30. The molecule has 1 aliphatic carbocycles. The van der Waals surface area contributed by atoms with Crippen LogP contribution in [0.25, 0.3) is 0 Å². The van der Waals surface area contributed by atoms with Crippen molar-refractivity contribution < 1.29 is 14.1 Å². The molecule has 2 aliphatic rings. The molecule has 160 valence electrons. The first-order valence-electron chi connectivity index (χ1n) is 10.7. The maximum absolute atomic E-state index is 12.9. The largest absolute Gasteiger partial charge is 0.349 e. The minimum absolute atomic E-state index is 0.00621. The SMILES string of the molecule is Cc1ccc(C(=O)N[C@@H]2C[C@H]3CN(C(=O)C(C)C)C[C@@]3(c3nc(C)no3)C2)c(C)c1. The smallest absolute Gasteiger partial charge is 0.251 e. The zero-order valence-corrected chi connectivity index (χ0v) is 18.4. The number of carbonyl (C=O) groups is 2. The van der Waals surface area contributed by atoms with Crippen LogP contribution in [-0.4, -0.2) is 46.0 Å². The van der Waals surface area contributed by atoms with E-state index in [0.717, 1.165) is 17.5 Å². The minimum Gasteiger partial charge on any atom is -0.349 e. The molecule has 0 unspecified atom stereocenters. The molecule has 0 radical (unpaired) electrons. The lowest BCUT2D eigenvalue weighted by Gasteiger charge is -2.26. The van der Waals surface area contributed by atoms with E-state index in [1.54, 1.807) is 6.92 Å². The average molecular weight is 411 g/mol. The van der Waals surface area contributed by atoms with Crippen LogP contribution in [-0.2, 0) is 10.2 Å². The Labute approximate surface area is 177 Å². The Balaban J connectivity index is 1.56. The Hall–Kier alpha value is -2.70. The van der Waals surface area contributed by atoms with Gasteiger partial charge in [-0.1, -0.05) is 36.7 Å². The summed E-state index contributed by atoms with van der Waals surface area (Å²) in [6.45, 7) is 10.9. The topological polar surface area (TPSA) is 88.3 Å². The standard InChI is InChI=1S/C23H30N4O3/c1-13(2)21(29)27-11-17-9-18(10-23(17,12-27)22-24-16(5)26-30-22)25-20(28)19-7-6-14(3)8-15(19)4/h6-8,13,17-18H,9-12H2,1-5H3,(H,25,28)/t17-,18+,23-/m0/s1. The average Bonchev–Trinajstić information content (AvgIpc) is 3.33. The van der Waals surface area contributed by atoms with Gasteiger partial charge in [0, 0.05) is 30.6 Å². The first-order chi connectivity index (χ1) is 14.2. The number of hydrogen-bond donors (Lipinski definition) is 1. The highest BCUT2D eigenvalue weighted by molar-refractivity contribution is 5.95. The van der Waals surface area contributed by atoms with Gasteiger partial charge in [0.05, 0.1) is 5.41 Å². The van der Waals surface area contributed by atoms with Crippen molar-refractivity contribution in [2.45, 2.75) is 58.9 Å². The Kier molecular flexibility index (Phi) is 5.16. The third-order valence-electron chi connectivity index (χ3n) is 6.60. The number of hydrogen-bond acceptors (Lipinski definition) is 5. The van der Waals surface area contributed by atoms with E-state index in [1.165, 1.54) is 0 Å². The van der Waals surface area contributed by atoms with Gasteiger partial charge in [-0.25, -0.2) is 0 Å². The molecule has 3 atom stereocenters. The Morgan fingerprint density at radius 2 is 2.03 bits per heavy atom. The molecule has 2 fully saturated rings. The van der Waals surface area contributed by atoms with Crippen LogP contribution in [0.3, 0.4) is 0 Å². The molecule has 0 spiro atoms. The second kappa shape index (κ2) is 7.52. The quantitative estimate of drug-likeness (QED) is 0.837. The van der Waals surface area contributed by atoms with Gasteiger partial charge in [0.1, 0.15) is 0 Å². The van der Waals surface area contributed by atoms with Gasteiger partial charge < -0.3 is 14.7 Å². The summed E-state index contributed by atoms with van der Waals surface area (Å²) in [5.74, 6) is 1.41. The summed E-state index contributed by atoms with van der Waals surface area (Å²) in [4.78, 5) is 32.0. The van der Waals surface area contributed by atoms with Crippen LogP contribution in [0.2, 0.25) is 0 Å². The van der Waals surface area contributed by atoms with E-state index in [1.807, 2.05) is 50.8 Å². The van der Waals surface area contributed by atoms with Gasteiger partial charge in [0.2, 0.25) is 11.8 Å². The number of amides is 2. The van der Waals surface area contributed by atoms with Gasteiger partial charge in [-0.05, 0) is 51.2 Å². The summed E-state index contributed by atoms with van der Waals surface area (Å²) < 4.78 is 5.60. The van der Waals surface area contributed by atoms with E-state index < -0.39 is 5.41 Å². The van der Waals surface area contributed by atoms with E-state index in [2.05, 4.69) is 15.5 Å². The van der Waals surface area contributed by atoms with E-state index in [-0.39, 0.29) is 29.7 Å². The van der Waals surface area contributed by atoms with E-state index >= 15 is 0 Å². The molecule has 1 N–H and O–H groups in total. The van der Waals surface area contributed by atoms with Crippen molar-refractivity contribution in [1.29, 1.82) is 0 Å². The van der Waals surface area contributed by atoms with Crippen LogP contribution >= 0.6 is 0 Å². The molecule has 0 bridgehead atoms. The number of aromatic nitrogens is 2. The molecule has 2 aromatic rings. The maximum Gasteiger partial charge on any atom is 0.251 e. The predicted molar refractivity (Wildman–Crippen MR) is 112 cm³/mol. The van der Waals surface area contributed by atoms with Crippen LogP contribution in [0.5, 0.6) is 0 Å². The van der Waals surface area contributed by atoms with Crippen molar-refractivity contribution in [2.75, 3.05) is 13.1 Å². The molecule has 2 heterocycles. The number of likely N-dealkylation sites (tertiary alicyclic amines) is 1. The first-order valence-corrected chi connectivity index (χ1v) is 10.7. The normalized spacial score (nSPS) is 25.6. The van der Waals surface area contributed by atoms with Crippen molar-refractivity contribution >= 4 is 11.8 Å². The van der Waals surface area contributed by atoms with Crippen LogP contribution < -0.4 is 5.32 Å². The van der Waals surface area contributed by atoms with Gasteiger partial charge in [-0.3, -0.25) is 9.59 Å². The van der Waals surface area contributed by atoms with Gasteiger partial charge in [0.25, 0.3) is 5.91 Å². The minimum atomic E-state index is -0.397. The molecular weight excluding hydrogens is 380 g/mol. The monoisotopic (exact) mass is 410 g/mol. The number of nitrogens with zero attached hydrogens (tertiary/aromatic N) is 3. The van der Waals surface area contributed by atoms with E-state index in [4.69, 9.17) is 4.52 Å². The third-order valence-corrected chi connectivity index (χ3v) is 6.60. The predicted octanol–water partition coefficient (Wildman–Crippen LogP) is 2.94. The molecule has 30 heavy (non-hydrogen) atoms. The highest BCUT2D eigenvalue weighted by Crippen LogP contribution is 2.50. The van der Waals surface area contributed by atoms with Crippen LogP contribution in [0, 0.1) is 32.6 Å². The molecule has 1 aromatic heterocycles. The summed E-state index contributed by atoms with van der Waals surface area (Å²) in [7, 11) is 0. The lowest BCUT2D eigenvalue weighted by Crippen LogP contribution is -2.40. The molecule has 1 aliphatic heterocycles. The Morgan fingerprint density at radius 3 is 2.67 bits per heavy atom. The van der Waals surface area contributed by atoms with Crippen LogP contribution in [0.1, 0.15) is 59.9 Å². The van der Waals surface area contributed by atoms with Gasteiger partial charge in [-0.2, -0.15) is 4.98 Å². The van der Waals surface area contributed by atoms with Crippen molar-refractivity contribution in [1.82, 2.24) is 20.4 Å². The number of aryl methyl sites for hydroxylation is 3. The fraction of sp³-hybridized carbons (Fsp3) is 0.565. The first kappa shape index (κ1) is 20.6. The fourth-order valence-corrected chi connectivity index (χ4v) is 5.18. The van der Waals surface area contributed by atoms with Crippen molar-refractivity contribution in [3.05, 3.63) is 46.6 Å². The molecular formula is C23H30N4O3. The summed E-state index contributed by atoms with van der Waals surface area (Å²) in [6, 6.07) is 5.88. The summed E-state index contributed by atoms with van der Waals surface area (Å²) in [5.41, 5.74) is 2.42. The number of nitrogens with one attached hydrogen (secondary N) is 1. The summed E-state index contributed by atoms with van der Waals surface area (Å²) >= 11 is 0. The zero-order valence-electron chi connectivity index (χ0n) is 18.4. The van der Waals surface area contributed by atoms with Crippen molar-refractivity contribution in [2.24, 2.45) is 11.8 Å². The molecule has 4 rings (SSSR count). The molecule has 1 aromatic carbocycles. The van der Waals surface area contributed by atoms with Gasteiger partial charge >= 0.3 is 0 Å².